The lowest BCUT2D eigenvalue weighted by molar-refractivity contribution is -0.137. The summed E-state index contributed by atoms with van der Waals surface area (Å²) >= 11 is 0. The summed E-state index contributed by atoms with van der Waals surface area (Å²) in [6, 6.07) is 15.5. The quantitative estimate of drug-likeness (QED) is 0.332. The summed E-state index contributed by atoms with van der Waals surface area (Å²) < 4.78 is 2.06. The summed E-state index contributed by atoms with van der Waals surface area (Å²) in [5.41, 5.74) is 9.31. The maximum absolute atomic E-state index is 13.3. The molecule has 2 aromatic heterocycles. The zero-order valence-electron chi connectivity index (χ0n) is 21.3. The number of aliphatic carboxylic acids is 1. The van der Waals surface area contributed by atoms with Crippen molar-refractivity contribution in [1.82, 2.24) is 19.7 Å². The number of carboxylic acid groups (broad SMARTS) is 1. The maximum Gasteiger partial charge on any atom is 0.303 e. The highest BCUT2D eigenvalue weighted by Crippen LogP contribution is 2.45. The van der Waals surface area contributed by atoms with Gasteiger partial charge in [-0.25, -0.2) is 9.97 Å². The number of carboxylic acids is 1. The van der Waals surface area contributed by atoms with E-state index in [9.17, 15) is 9.59 Å². The molecule has 0 bridgehead atoms. The Morgan fingerprint density at radius 2 is 1.87 bits per heavy atom. The van der Waals surface area contributed by atoms with E-state index in [0.29, 0.717) is 35.2 Å². The molecule has 1 fully saturated rings. The summed E-state index contributed by atoms with van der Waals surface area (Å²) in [6.07, 6.45) is 5.45. The Labute approximate surface area is 220 Å². The predicted molar refractivity (Wildman–Crippen MR) is 145 cm³/mol. The number of carbonyl (C=O) groups is 2. The molecule has 2 aliphatic rings. The van der Waals surface area contributed by atoms with E-state index in [0.717, 1.165) is 28.6 Å². The molecule has 1 amide bonds. The van der Waals surface area contributed by atoms with Gasteiger partial charge in [-0.3, -0.25) is 14.3 Å². The van der Waals surface area contributed by atoms with Gasteiger partial charge in [0.1, 0.15) is 22.7 Å². The third-order valence-corrected chi connectivity index (χ3v) is 8.06. The molecule has 38 heavy (non-hydrogen) atoms. The van der Waals surface area contributed by atoms with E-state index in [1.54, 1.807) is 0 Å². The third-order valence-electron chi connectivity index (χ3n) is 8.06. The number of amides is 1. The Morgan fingerprint density at radius 1 is 1.13 bits per heavy atom. The van der Waals surface area contributed by atoms with Crippen LogP contribution in [0.15, 0.2) is 48.5 Å². The first-order valence-electron chi connectivity index (χ1n) is 13.1. The molecule has 3 heterocycles. The number of benzene rings is 2. The molecule has 0 unspecified atom stereocenters. The van der Waals surface area contributed by atoms with E-state index in [-0.39, 0.29) is 18.1 Å². The van der Waals surface area contributed by atoms with Crippen molar-refractivity contribution in [2.45, 2.75) is 57.4 Å². The number of nitrogen functional groups attached to an aromatic ring is 1. The van der Waals surface area contributed by atoms with E-state index in [1.165, 1.54) is 25.7 Å². The highest BCUT2D eigenvalue weighted by molar-refractivity contribution is 6.09. The first-order valence-corrected chi connectivity index (χ1v) is 13.1. The number of aromatic nitrogens is 4. The standard InChI is InChI=1S/C29H30N6O3/c1-29(19-13-10-17(11-14-19)12-15-22(36)37)23-25(30)31-27(32-26(23)33-28(29)38)24-20-8-4-5-9-21(20)35(34-24)16-18-6-2-3-7-18/h4-5,8-11,13-14,18H,2-3,6-7,12,15-16H2,1H3,(H,36,37)(H3,30,31,32,33,38)/t29-/m0/s1. The lowest BCUT2D eigenvalue weighted by atomic mass is 9.77. The van der Waals surface area contributed by atoms with Gasteiger partial charge in [0.2, 0.25) is 5.91 Å². The van der Waals surface area contributed by atoms with Gasteiger partial charge in [-0.1, -0.05) is 55.3 Å². The lowest BCUT2D eigenvalue weighted by Crippen LogP contribution is -2.33. The molecule has 2 aromatic carbocycles. The van der Waals surface area contributed by atoms with Gasteiger partial charge < -0.3 is 16.2 Å². The molecule has 0 spiro atoms. The number of nitrogens with two attached hydrogens (primary N) is 1. The van der Waals surface area contributed by atoms with Gasteiger partial charge in [0.15, 0.2) is 5.82 Å². The van der Waals surface area contributed by atoms with Crippen molar-refractivity contribution in [3.05, 3.63) is 65.2 Å². The molecular weight excluding hydrogens is 480 g/mol. The summed E-state index contributed by atoms with van der Waals surface area (Å²) in [6.45, 7) is 2.67. The maximum atomic E-state index is 13.3. The number of nitrogens with one attached hydrogen (secondary N) is 1. The number of nitrogens with zero attached hydrogens (tertiary/aromatic N) is 4. The minimum absolute atomic E-state index is 0.0502. The van der Waals surface area contributed by atoms with Crippen molar-refractivity contribution in [1.29, 1.82) is 0 Å². The molecular formula is C29H30N6O3. The Balaban J connectivity index is 1.38. The molecule has 1 saturated carbocycles. The van der Waals surface area contributed by atoms with Crippen LogP contribution in [0.4, 0.5) is 11.6 Å². The van der Waals surface area contributed by atoms with Crippen LogP contribution in [0.3, 0.4) is 0 Å². The van der Waals surface area contributed by atoms with Crippen LogP contribution < -0.4 is 11.1 Å². The van der Waals surface area contributed by atoms with Crippen LogP contribution in [0.5, 0.6) is 0 Å². The van der Waals surface area contributed by atoms with Crippen LogP contribution in [0, 0.1) is 5.92 Å². The van der Waals surface area contributed by atoms with Crippen LogP contribution in [0.1, 0.15) is 55.7 Å². The van der Waals surface area contributed by atoms with Crippen LogP contribution >= 0.6 is 0 Å². The highest BCUT2D eigenvalue weighted by atomic mass is 16.4. The van der Waals surface area contributed by atoms with Crippen molar-refractivity contribution >= 4 is 34.4 Å². The Bertz CT molecular complexity index is 1550. The zero-order chi connectivity index (χ0) is 26.4. The van der Waals surface area contributed by atoms with E-state index in [4.69, 9.17) is 20.9 Å². The molecule has 1 aliphatic heterocycles. The van der Waals surface area contributed by atoms with Gasteiger partial charge in [0, 0.05) is 18.4 Å². The molecule has 4 aromatic rings. The molecule has 9 nitrogen and oxygen atoms in total. The van der Waals surface area contributed by atoms with E-state index >= 15 is 0 Å². The first kappa shape index (κ1) is 24.1. The normalized spacial score (nSPS) is 19.1. The molecule has 4 N–H and O–H groups in total. The zero-order valence-corrected chi connectivity index (χ0v) is 21.3. The summed E-state index contributed by atoms with van der Waals surface area (Å²) in [4.78, 5) is 33.7. The molecule has 0 saturated heterocycles. The van der Waals surface area contributed by atoms with Crippen molar-refractivity contribution in [2.24, 2.45) is 5.92 Å². The van der Waals surface area contributed by atoms with Crippen LogP contribution in [-0.2, 0) is 28.0 Å². The van der Waals surface area contributed by atoms with E-state index in [1.807, 2.05) is 49.4 Å². The van der Waals surface area contributed by atoms with Gasteiger partial charge >= 0.3 is 5.97 Å². The van der Waals surface area contributed by atoms with Crippen molar-refractivity contribution in [2.75, 3.05) is 11.1 Å². The van der Waals surface area contributed by atoms with Gasteiger partial charge in [-0.15, -0.1) is 0 Å². The average molecular weight is 511 g/mol. The summed E-state index contributed by atoms with van der Waals surface area (Å²) in [5.74, 6) is 0.547. The number of para-hydroxylation sites is 1. The topological polar surface area (TPSA) is 136 Å². The number of hydrogen-bond donors (Lipinski definition) is 3. The highest BCUT2D eigenvalue weighted by Gasteiger charge is 2.47. The fraction of sp³-hybridized carbons (Fsp3) is 0.345. The number of hydrogen-bond acceptors (Lipinski definition) is 6. The number of anilines is 2. The second-order valence-electron chi connectivity index (χ2n) is 10.5. The molecule has 6 rings (SSSR count). The van der Waals surface area contributed by atoms with Crippen molar-refractivity contribution < 1.29 is 14.7 Å². The summed E-state index contributed by atoms with van der Waals surface area (Å²) in [7, 11) is 0. The molecule has 1 atom stereocenters. The molecule has 9 heteroatoms. The van der Waals surface area contributed by atoms with Crippen molar-refractivity contribution in [3.8, 4) is 11.5 Å². The van der Waals surface area contributed by atoms with Crippen LogP contribution in [-0.4, -0.2) is 36.7 Å². The Morgan fingerprint density at radius 3 is 2.61 bits per heavy atom. The lowest BCUT2D eigenvalue weighted by Gasteiger charge is -2.23. The van der Waals surface area contributed by atoms with Gasteiger partial charge in [0.05, 0.1) is 11.1 Å². The van der Waals surface area contributed by atoms with E-state index in [2.05, 4.69) is 21.0 Å². The van der Waals surface area contributed by atoms with Crippen LogP contribution in [0.2, 0.25) is 0 Å². The predicted octanol–water partition coefficient (Wildman–Crippen LogP) is 4.54. The average Bonchev–Trinajstić information content (AvgIpc) is 3.61. The van der Waals surface area contributed by atoms with Gasteiger partial charge in [-0.2, -0.15) is 5.10 Å². The minimum Gasteiger partial charge on any atom is -0.481 e. The van der Waals surface area contributed by atoms with Crippen molar-refractivity contribution in [3.63, 3.8) is 0 Å². The number of fused-ring (bicyclic) bond motifs is 2. The smallest absolute Gasteiger partial charge is 0.303 e. The minimum atomic E-state index is -1.08. The largest absolute Gasteiger partial charge is 0.481 e. The fourth-order valence-corrected chi connectivity index (χ4v) is 5.91. The van der Waals surface area contributed by atoms with E-state index < -0.39 is 11.4 Å². The monoisotopic (exact) mass is 510 g/mol. The Kier molecular flexibility index (Phi) is 5.86. The van der Waals surface area contributed by atoms with Gasteiger partial charge in [-0.05, 0) is 49.3 Å². The Hall–Kier alpha value is -4.27. The fourth-order valence-electron chi connectivity index (χ4n) is 5.91. The molecule has 194 valence electrons. The summed E-state index contributed by atoms with van der Waals surface area (Å²) in [5, 5.41) is 17.8. The third kappa shape index (κ3) is 3.98. The molecule has 1 aliphatic carbocycles. The number of carbonyl (C=O) groups excluding carboxylic acids is 1. The first-order chi connectivity index (χ1) is 18.3. The second-order valence-corrected chi connectivity index (χ2v) is 10.5. The van der Waals surface area contributed by atoms with Crippen LogP contribution in [0.25, 0.3) is 22.4 Å². The molecule has 0 radical (unpaired) electrons. The number of rotatable bonds is 7. The van der Waals surface area contributed by atoms with Gasteiger partial charge in [0.25, 0.3) is 0 Å². The SMILES string of the molecule is C[C@@]1(c2ccc(CCC(=O)O)cc2)C(=O)Nc2nc(-c3nn(CC4CCCC4)c4ccccc34)nc(N)c21. The number of aryl methyl sites for hydroxylation is 1. The second kappa shape index (κ2) is 9.24.